The predicted octanol–water partition coefficient (Wildman–Crippen LogP) is 4.52. The van der Waals surface area contributed by atoms with Crippen LogP contribution in [0.5, 0.6) is 0 Å². The number of nitrogens with one attached hydrogen (secondary N) is 1. The molecule has 3 nitrogen and oxygen atoms in total. The molecule has 0 atom stereocenters. The van der Waals surface area contributed by atoms with Gasteiger partial charge in [0.05, 0.1) is 14.1 Å². The summed E-state index contributed by atoms with van der Waals surface area (Å²) in [6, 6.07) is 14.3. The number of hydrogen-bond acceptors (Lipinski definition) is 4. The fraction of sp³-hybridized carbons (Fsp3) is 0.0667. The van der Waals surface area contributed by atoms with Crippen molar-refractivity contribution in [2.45, 2.75) is 0 Å². The highest BCUT2D eigenvalue weighted by molar-refractivity contribution is 14.1. The lowest BCUT2D eigenvalue weighted by Gasteiger charge is -2.10. The van der Waals surface area contributed by atoms with E-state index in [0.29, 0.717) is 0 Å². The SMILES string of the molecule is CNc1nc(-c2cccs2)nc(-c2ccccc2)c1I. The highest BCUT2D eigenvalue weighted by Gasteiger charge is 2.14. The first kappa shape index (κ1) is 13.5. The number of anilines is 1. The molecule has 0 amide bonds. The summed E-state index contributed by atoms with van der Waals surface area (Å²) in [5, 5.41) is 5.19. The minimum absolute atomic E-state index is 0.767. The normalized spacial score (nSPS) is 10.5. The topological polar surface area (TPSA) is 37.8 Å². The molecule has 1 N–H and O–H groups in total. The van der Waals surface area contributed by atoms with Crippen LogP contribution in [0, 0.1) is 3.57 Å². The zero-order valence-corrected chi connectivity index (χ0v) is 13.8. The molecule has 20 heavy (non-hydrogen) atoms. The second kappa shape index (κ2) is 5.88. The van der Waals surface area contributed by atoms with Crippen molar-refractivity contribution in [1.29, 1.82) is 0 Å². The number of aromatic nitrogens is 2. The molecule has 3 rings (SSSR count). The van der Waals surface area contributed by atoms with Gasteiger partial charge in [-0.2, -0.15) is 0 Å². The van der Waals surface area contributed by atoms with Crippen molar-refractivity contribution < 1.29 is 0 Å². The Morgan fingerprint density at radius 1 is 1.05 bits per heavy atom. The minimum atomic E-state index is 0.767. The first-order valence-corrected chi connectivity index (χ1v) is 8.10. The number of benzene rings is 1. The number of nitrogens with zero attached hydrogens (tertiary/aromatic N) is 2. The Hall–Kier alpha value is -1.47. The van der Waals surface area contributed by atoms with E-state index >= 15 is 0 Å². The molecule has 0 radical (unpaired) electrons. The van der Waals surface area contributed by atoms with Crippen LogP contribution in [0.3, 0.4) is 0 Å². The van der Waals surface area contributed by atoms with Crippen molar-refractivity contribution in [3.05, 3.63) is 51.4 Å². The molecule has 0 fully saturated rings. The van der Waals surface area contributed by atoms with Crippen LogP contribution in [-0.4, -0.2) is 17.0 Å². The minimum Gasteiger partial charge on any atom is -0.372 e. The third kappa shape index (κ3) is 2.55. The van der Waals surface area contributed by atoms with Crippen molar-refractivity contribution in [3.8, 4) is 22.0 Å². The van der Waals surface area contributed by atoms with Gasteiger partial charge in [0.15, 0.2) is 5.82 Å². The summed E-state index contributed by atoms with van der Waals surface area (Å²) in [6.45, 7) is 0. The largest absolute Gasteiger partial charge is 0.372 e. The first-order valence-electron chi connectivity index (χ1n) is 6.14. The molecule has 0 aliphatic carbocycles. The Balaban J connectivity index is 2.21. The molecule has 0 saturated heterocycles. The summed E-state index contributed by atoms with van der Waals surface area (Å²) in [6.07, 6.45) is 0. The van der Waals surface area contributed by atoms with Gasteiger partial charge >= 0.3 is 0 Å². The van der Waals surface area contributed by atoms with Crippen molar-refractivity contribution in [2.24, 2.45) is 0 Å². The van der Waals surface area contributed by atoms with Crippen molar-refractivity contribution in [2.75, 3.05) is 12.4 Å². The summed E-state index contributed by atoms with van der Waals surface area (Å²) in [7, 11) is 1.89. The highest BCUT2D eigenvalue weighted by atomic mass is 127. The first-order chi connectivity index (χ1) is 9.79. The zero-order chi connectivity index (χ0) is 13.9. The van der Waals surface area contributed by atoms with Gasteiger partial charge in [0.2, 0.25) is 0 Å². The molecule has 1 aromatic carbocycles. The number of rotatable bonds is 3. The van der Waals surface area contributed by atoms with Crippen LogP contribution >= 0.6 is 33.9 Å². The van der Waals surface area contributed by atoms with E-state index in [0.717, 1.165) is 31.3 Å². The Morgan fingerprint density at radius 3 is 2.50 bits per heavy atom. The lowest BCUT2D eigenvalue weighted by molar-refractivity contribution is 1.16. The van der Waals surface area contributed by atoms with Crippen LogP contribution in [0.1, 0.15) is 0 Å². The van der Waals surface area contributed by atoms with Crippen molar-refractivity contribution in [3.63, 3.8) is 0 Å². The van der Waals surface area contributed by atoms with Crippen LogP contribution in [0.2, 0.25) is 0 Å². The molecule has 100 valence electrons. The average Bonchev–Trinajstić information content (AvgIpc) is 3.03. The fourth-order valence-corrected chi connectivity index (χ4v) is 3.40. The summed E-state index contributed by atoms with van der Waals surface area (Å²) in [5.74, 6) is 1.63. The van der Waals surface area contributed by atoms with Gasteiger partial charge in [0.1, 0.15) is 5.82 Å². The molecular weight excluding hydrogens is 381 g/mol. The second-order valence-corrected chi connectivity index (χ2v) is 6.18. The molecule has 3 aromatic rings. The number of halogens is 1. The quantitative estimate of drug-likeness (QED) is 0.665. The summed E-state index contributed by atoms with van der Waals surface area (Å²) >= 11 is 3.94. The molecule has 0 saturated carbocycles. The maximum Gasteiger partial charge on any atom is 0.172 e. The summed E-state index contributed by atoms with van der Waals surface area (Å²) in [4.78, 5) is 10.4. The monoisotopic (exact) mass is 393 g/mol. The van der Waals surface area contributed by atoms with E-state index < -0.39 is 0 Å². The third-order valence-electron chi connectivity index (χ3n) is 2.88. The van der Waals surface area contributed by atoms with Crippen LogP contribution in [-0.2, 0) is 0 Å². The molecule has 0 aliphatic heterocycles. The van der Waals surface area contributed by atoms with E-state index in [1.165, 1.54) is 0 Å². The van der Waals surface area contributed by atoms with Crippen LogP contribution in [0.15, 0.2) is 47.8 Å². The van der Waals surface area contributed by atoms with E-state index in [-0.39, 0.29) is 0 Å². The number of hydrogen-bond donors (Lipinski definition) is 1. The van der Waals surface area contributed by atoms with Crippen LogP contribution < -0.4 is 5.32 Å². The lowest BCUT2D eigenvalue weighted by Crippen LogP contribution is -2.02. The lowest BCUT2D eigenvalue weighted by atomic mass is 10.1. The predicted molar refractivity (Wildman–Crippen MR) is 93.0 cm³/mol. The number of thiophene rings is 1. The summed E-state index contributed by atoms with van der Waals surface area (Å²) in [5.41, 5.74) is 2.07. The van der Waals surface area contributed by atoms with Gasteiger partial charge < -0.3 is 5.32 Å². The molecular formula is C15H12IN3S. The zero-order valence-electron chi connectivity index (χ0n) is 10.8. The second-order valence-electron chi connectivity index (χ2n) is 4.15. The van der Waals surface area contributed by atoms with Gasteiger partial charge in [0.25, 0.3) is 0 Å². The van der Waals surface area contributed by atoms with Gasteiger partial charge in [-0.15, -0.1) is 11.3 Å². The van der Waals surface area contributed by atoms with Crippen LogP contribution in [0.4, 0.5) is 5.82 Å². The van der Waals surface area contributed by atoms with E-state index in [4.69, 9.17) is 4.98 Å². The van der Waals surface area contributed by atoms with Gasteiger partial charge in [-0.05, 0) is 34.0 Å². The Labute approximate surface area is 135 Å². The van der Waals surface area contributed by atoms with Gasteiger partial charge in [-0.1, -0.05) is 36.4 Å². The Morgan fingerprint density at radius 2 is 1.85 bits per heavy atom. The van der Waals surface area contributed by atoms with E-state index in [9.17, 15) is 0 Å². The van der Waals surface area contributed by atoms with Gasteiger partial charge in [-0.3, -0.25) is 0 Å². The summed E-state index contributed by atoms with van der Waals surface area (Å²) < 4.78 is 1.04. The van der Waals surface area contributed by atoms with Gasteiger partial charge in [-0.25, -0.2) is 9.97 Å². The van der Waals surface area contributed by atoms with E-state index in [1.54, 1.807) is 11.3 Å². The van der Waals surface area contributed by atoms with Crippen molar-refractivity contribution >= 4 is 39.7 Å². The Bertz CT molecular complexity index is 711. The fourth-order valence-electron chi connectivity index (χ4n) is 1.92. The maximum atomic E-state index is 4.75. The molecule has 0 spiro atoms. The van der Waals surface area contributed by atoms with Crippen LogP contribution in [0.25, 0.3) is 22.0 Å². The third-order valence-corrected chi connectivity index (χ3v) is 4.76. The molecule has 0 aliphatic rings. The molecule has 2 aromatic heterocycles. The molecule has 2 heterocycles. The highest BCUT2D eigenvalue weighted by Crippen LogP contribution is 2.31. The average molecular weight is 393 g/mol. The Kier molecular flexibility index (Phi) is 3.98. The van der Waals surface area contributed by atoms with E-state index in [1.807, 2.05) is 42.8 Å². The molecule has 0 bridgehead atoms. The van der Waals surface area contributed by atoms with Gasteiger partial charge in [0, 0.05) is 12.6 Å². The maximum absolute atomic E-state index is 4.75. The molecule has 5 heteroatoms. The molecule has 0 unspecified atom stereocenters. The van der Waals surface area contributed by atoms with Crippen molar-refractivity contribution in [1.82, 2.24) is 9.97 Å². The van der Waals surface area contributed by atoms with E-state index in [2.05, 4.69) is 45.0 Å². The smallest absolute Gasteiger partial charge is 0.172 e. The standard InChI is InChI=1S/C15H12IN3S/c1-17-15-12(16)13(10-6-3-2-4-7-10)18-14(19-15)11-8-5-9-20-11/h2-9H,1H3,(H,17,18,19).